The van der Waals surface area contributed by atoms with Gasteiger partial charge in [0.2, 0.25) is 0 Å². The van der Waals surface area contributed by atoms with E-state index >= 15 is 0 Å². The van der Waals surface area contributed by atoms with E-state index in [4.69, 9.17) is 11.6 Å². The molecule has 0 aliphatic heterocycles. The molecule has 0 bridgehead atoms. The van der Waals surface area contributed by atoms with Crippen LogP contribution in [0.25, 0.3) is 0 Å². The highest BCUT2D eigenvalue weighted by Gasteiger charge is 2.10. The molecule has 2 N–H and O–H groups in total. The van der Waals surface area contributed by atoms with Crippen LogP contribution in [0.1, 0.15) is 22.8 Å². The molecule has 0 atom stereocenters. The molecule has 0 unspecified atom stereocenters. The number of carboxylic acid groups (broad SMARTS) is 1. The molecule has 0 spiro atoms. The third-order valence-corrected chi connectivity index (χ3v) is 3.06. The molecule has 98 valence electrons. The van der Waals surface area contributed by atoms with Crippen LogP contribution in [0.3, 0.4) is 0 Å². The Balaban J connectivity index is 2.34. The molecule has 0 saturated carbocycles. The fourth-order valence-corrected chi connectivity index (χ4v) is 2.00. The Morgan fingerprint density at radius 3 is 2.74 bits per heavy atom. The quantitative estimate of drug-likeness (QED) is 0.872. The van der Waals surface area contributed by atoms with Gasteiger partial charge in [0.25, 0.3) is 0 Å². The van der Waals surface area contributed by atoms with Gasteiger partial charge < -0.3 is 10.4 Å². The van der Waals surface area contributed by atoms with Crippen LogP contribution in [0.4, 0.5) is 11.4 Å². The first-order valence-corrected chi connectivity index (χ1v) is 6.36. The standard InChI is InChI=1S/C15H14ClNO2/c1-2-10-4-3-5-12(8-10)17-14-7-6-11(16)9-13(14)15(18)19/h3-9,17H,2H2,1H3,(H,18,19). The number of aromatic carboxylic acids is 1. The fourth-order valence-electron chi connectivity index (χ4n) is 1.83. The lowest BCUT2D eigenvalue weighted by molar-refractivity contribution is 0.0698. The Kier molecular flexibility index (Phi) is 4.07. The van der Waals surface area contributed by atoms with Crippen molar-refractivity contribution in [3.05, 3.63) is 58.6 Å². The Labute approximate surface area is 116 Å². The number of hydrogen-bond acceptors (Lipinski definition) is 2. The first-order valence-electron chi connectivity index (χ1n) is 5.99. The van der Waals surface area contributed by atoms with E-state index < -0.39 is 5.97 Å². The van der Waals surface area contributed by atoms with Crippen LogP contribution in [-0.2, 0) is 6.42 Å². The predicted octanol–water partition coefficient (Wildman–Crippen LogP) is 4.34. The average Bonchev–Trinajstić information content (AvgIpc) is 2.41. The monoisotopic (exact) mass is 275 g/mol. The third kappa shape index (κ3) is 3.26. The lowest BCUT2D eigenvalue weighted by Gasteiger charge is -2.11. The normalized spacial score (nSPS) is 10.2. The lowest BCUT2D eigenvalue weighted by Crippen LogP contribution is -2.02. The zero-order valence-electron chi connectivity index (χ0n) is 10.5. The summed E-state index contributed by atoms with van der Waals surface area (Å²) in [5.74, 6) is -1.00. The van der Waals surface area contributed by atoms with Crippen molar-refractivity contribution in [3.63, 3.8) is 0 Å². The minimum Gasteiger partial charge on any atom is -0.478 e. The third-order valence-electron chi connectivity index (χ3n) is 2.83. The SMILES string of the molecule is CCc1cccc(Nc2ccc(Cl)cc2C(=O)O)c1. The maximum absolute atomic E-state index is 11.2. The van der Waals surface area contributed by atoms with Crippen molar-refractivity contribution in [2.24, 2.45) is 0 Å². The molecule has 3 nitrogen and oxygen atoms in total. The molecule has 2 aromatic rings. The Bertz CT molecular complexity index is 611. The molecule has 0 radical (unpaired) electrons. The topological polar surface area (TPSA) is 49.3 Å². The Hall–Kier alpha value is -2.00. The van der Waals surface area contributed by atoms with Gasteiger partial charge in [-0.1, -0.05) is 30.7 Å². The summed E-state index contributed by atoms with van der Waals surface area (Å²) >= 11 is 5.82. The number of nitrogens with one attached hydrogen (secondary N) is 1. The summed E-state index contributed by atoms with van der Waals surface area (Å²) in [5, 5.41) is 12.7. The molecular weight excluding hydrogens is 262 g/mol. The molecule has 2 rings (SSSR count). The van der Waals surface area contributed by atoms with E-state index in [0.717, 1.165) is 12.1 Å². The van der Waals surface area contributed by atoms with Crippen LogP contribution in [0.15, 0.2) is 42.5 Å². The van der Waals surface area contributed by atoms with Gasteiger partial charge >= 0.3 is 5.97 Å². The fraction of sp³-hybridized carbons (Fsp3) is 0.133. The molecule has 0 aromatic heterocycles. The summed E-state index contributed by atoms with van der Waals surface area (Å²) in [4.78, 5) is 11.2. The van der Waals surface area contributed by atoms with Gasteiger partial charge in [0.1, 0.15) is 0 Å². The van der Waals surface area contributed by atoms with Crippen molar-refractivity contribution in [3.8, 4) is 0 Å². The minimum absolute atomic E-state index is 0.161. The maximum Gasteiger partial charge on any atom is 0.337 e. The second-order valence-electron chi connectivity index (χ2n) is 4.17. The van der Waals surface area contributed by atoms with Gasteiger partial charge in [0.15, 0.2) is 0 Å². The highest BCUT2D eigenvalue weighted by atomic mass is 35.5. The average molecular weight is 276 g/mol. The first-order chi connectivity index (χ1) is 9.10. The summed E-state index contributed by atoms with van der Waals surface area (Å²) in [5.41, 5.74) is 2.75. The van der Waals surface area contributed by atoms with E-state index in [1.807, 2.05) is 24.3 Å². The van der Waals surface area contributed by atoms with E-state index in [9.17, 15) is 9.90 Å². The van der Waals surface area contributed by atoms with E-state index in [-0.39, 0.29) is 5.56 Å². The van der Waals surface area contributed by atoms with Gasteiger partial charge in [-0.15, -0.1) is 0 Å². The van der Waals surface area contributed by atoms with Gasteiger partial charge in [-0.2, -0.15) is 0 Å². The van der Waals surface area contributed by atoms with Crippen molar-refractivity contribution in [2.45, 2.75) is 13.3 Å². The molecule has 19 heavy (non-hydrogen) atoms. The minimum atomic E-state index is -1.00. The van der Waals surface area contributed by atoms with Gasteiger partial charge in [-0.25, -0.2) is 4.79 Å². The van der Waals surface area contributed by atoms with Crippen LogP contribution in [0.5, 0.6) is 0 Å². The zero-order valence-corrected chi connectivity index (χ0v) is 11.2. The molecule has 0 fully saturated rings. The highest BCUT2D eigenvalue weighted by molar-refractivity contribution is 6.31. The molecule has 0 saturated heterocycles. The summed E-state index contributed by atoms with van der Waals surface area (Å²) in [7, 11) is 0. The number of carbonyl (C=O) groups is 1. The van der Waals surface area contributed by atoms with E-state index in [0.29, 0.717) is 10.7 Å². The summed E-state index contributed by atoms with van der Waals surface area (Å²) < 4.78 is 0. The second kappa shape index (κ2) is 5.76. The van der Waals surface area contributed by atoms with Crippen LogP contribution < -0.4 is 5.32 Å². The molecule has 0 amide bonds. The second-order valence-corrected chi connectivity index (χ2v) is 4.61. The highest BCUT2D eigenvalue weighted by Crippen LogP contribution is 2.25. The molecular formula is C15H14ClNO2. The maximum atomic E-state index is 11.2. The Morgan fingerprint density at radius 1 is 1.26 bits per heavy atom. The van der Waals surface area contributed by atoms with Crippen LogP contribution in [0.2, 0.25) is 5.02 Å². The number of aryl methyl sites for hydroxylation is 1. The first kappa shape index (κ1) is 13.4. The lowest BCUT2D eigenvalue weighted by atomic mass is 10.1. The largest absolute Gasteiger partial charge is 0.478 e. The van der Waals surface area contributed by atoms with E-state index in [1.165, 1.54) is 11.6 Å². The number of benzene rings is 2. The Morgan fingerprint density at radius 2 is 2.05 bits per heavy atom. The van der Waals surface area contributed by atoms with Crippen LogP contribution >= 0.6 is 11.6 Å². The summed E-state index contributed by atoms with van der Waals surface area (Å²) in [6.07, 6.45) is 0.932. The van der Waals surface area contributed by atoms with Crippen LogP contribution in [-0.4, -0.2) is 11.1 Å². The van der Waals surface area contributed by atoms with Crippen molar-refractivity contribution in [1.29, 1.82) is 0 Å². The van der Waals surface area contributed by atoms with Crippen molar-refractivity contribution >= 4 is 28.9 Å². The van der Waals surface area contributed by atoms with Crippen molar-refractivity contribution in [2.75, 3.05) is 5.32 Å². The van der Waals surface area contributed by atoms with Gasteiger partial charge in [0.05, 0.1) is 11.3 Å². The van der Waals surface area contributed by atoms with E-state index in [2.05, 4.69) is 12.2 Å². The molecule has 4 heteroatoms. The molecule has 0 heterocycles. The molecule has 0 aliphatic rings. The van der Waals surface area contributed by atoms with E-state index in [1.54, 1.807) is 12.1 Å². The van der Waals surface area contributed by atoms with Gasteiger partial charge in [-0.3, -0.25) is 0 Å². The van der Waals surface area contributed by atoms with Gasteiger partial charge in [-0.05, 0) is 42.3 Å². The predicted molar refractivity (Wildman–Crippen MR) is 77.5 cm³/mol. The van der Waals surface area contributed by atoms with Crippen molar-refractivity contribution in [1.82, 2.24) is 0 Å². The summed E-state index contributed by atoms with van der Waals surface area (Å²) in [6.45, 7) is 2.07. The number of hydrogen-bond donors (Lipinski definition) is 2. The number of carboxylic acids is 1. The smallest absolute Gasteiger partial charge is 0.337 e. The zero-order chi connectivity index (χ0) is 13.8. The number of halogens is 1. The summed E-state index contributed by atoms with van der Waals surface area (Å²) in [6, 6.07) is 12.7. The number of rotatable bonds is 4. The van der Waals surface area contributed by atoms with Gasteiger partial charge in [0, 0.05) is 10.7 Å². The molecule has 0 aliphatic carbocycles. The van der Waals surface area contributed by atoms with Crippen molar-refractivity contribution < 1.29 is 9.90 Å². The molecule has 2 aromatic carbocycles. The number of anilines is 2. The van der Waals surface area contributed by atoms with Crippen LogP contribution in [0, 0.1) is 0 Å².